The van der Waals surface area contributed by atoms with E-state index in [0.29, 0.717) is 12.0 Å². The topological polar surface area (TPSA) is 21.3 Å². The van der Waals surface area contributed by atoms with Gasteiger partial charge in [0.25, 0.3) is 0 Å². The lowest BCUT2D eigenvalue weighted by atomic mass is 10.0. The van der Waals surface area contributed by atoms with Gasteiger partial charge in [0.15, 0.2) is 0 Å². The molecule has 0 aromatic heterocycles. The predicted molar refractivity (Wildman–Crippen MR) is 73.3 cm³/mol. The molecule has 0 aliphatic heterocycles. The maximum Gasteiger partial charge on any atom is 0.0621 e. The van der Waals surface area contributed by atoms with Crippen LogP contribution in [-0.4, -0.2) is 25.8 Å². The lowest BCUT2D eigenvalue weighted by molar-refractivity contribution is 0.108. The zero-order valence-electron chi connectivity index (χ0n) is 11.3. The van der Waals surface area contributed by atoms with Crippen LogP contribution in [-0.2, 0) is 11.2 Å². The minimum absolute atomic E-state index is 0.457. The second-order valence-electron chi connectivity index (χ2n) is 4.70. The molecule has 0 radical (unpaired) electrons. The van der Waals surface area contributed by atoms with Gasteiger partial charge in [0.05, 0.1) is 6.61 Å². The summed E-state index contributed by atoms with van der Waals surface area (Å²) in [5, 5.41) is 3.58. The fourth-order valence-corrected chi connectivity index (χ4v) is 1.78. The van der Waals surface area contributed by atoms with E-state index in [1.54, 1.807) is 0 Å². The summed E-state index contributed by atoms with van der Waals surface area (Å²) in [6.45, 7) is 9.13. The molecular formula is C15H25NO. The van der Waals surface area contributed by atoms with Crippen LogP contribution in [0.1, 0.15) is 26.3 Å². The van der Waals surface area contributed by atoms with Gasteiger partial charge in [0.1, 0.15) is 0 Å². The fourth-order valence-electron chi connectivity index (χ4n) is 1.78. The Morgan fingerprint density at radius 1 is 1.18 bits per heavy atom. The summed E-state index contributed by atoms with van der Waals surface area (Å²) in [7, 11) is 0. The first-order chi connectivity index (χ1) is 8.24. The second-order valence-corrected chi connectivity index (χ2v) is 4.70. The van der Waals surface area contributed by atoms with Gasteiger partial charge in [0.2, 0.25) is 0 Å². The Balaban J connectivity index is 2.27. The summed E-state index contributed by atoms with van der Waals surface area (Å²) in [5.74, 6) is 0.609. The van der Waals surface area contributed by atoms with Crippen LogP contribution < -0.4 is 5.32 Å². The number of rotatable bonds is 8. The van der Waals surface area contributed by atoms with Crippen LogP contribution in [0.5, 0.6) is 0 Å². The molecule has 0 spiro atoms. The van der Waals surface area contributed by atoms with Gasteiger partial charge in [-0.3, -0.25) is 0 Å². The second kappa shape index (κ2) is 8.26. The zero-order valence-corrected chi connectivity index (χ0v) is 11.3. The molecule has 1 aromatic rings. The highest BCUT2D eigenvalue weighted by Crippen LogP contribution is 2.03. The third-order valence-corrected chi connectivity index (χ3v) is 2.97. The Hall–Kier alpha value is -0.860. The molecule has 2 nitrogen and oxygen atoms in total. The molecule has 17 heavy (non-hydrogen) atoms. The number of hydrogen-bond acceptors (Lipinski definition) is 2. The van der Waals surface area contributed by atoms with Crippen LogP contribution in [0.2, 0.25) is 0 Å². The summed E-state index contributed by atoms with van der Waals surface area (Å²) in [6, 6.07) is 11.1. The van der Waals surface area contributed by atoms with E-state index >= 15 is 0 Å². The largest absolute Gasteiger partial charge is 0.380 e. The average Bonchev–Trinajstić information content (AvgIpc) is 2.34. The lowest BCUT2D eigenvalue weighted by Crippen LogP contribution is -2.39. The monoisotopic (exact) mass is 235 g/mol. The maximum absolute atomic E-state index is 5.50. The molecule has 0 saturated heterocycles. The summed E-state index contributed by atoms with van der Waals surface area (Å²) in [4.78, 5) is 0. The van der Waals surface area contributed by atoms with E-state index in [1.165, 1.54) is 5.56 Å². The molecule has 0 fully saturated rings. The van der Waals surface area contributed by atoms with Gasteiger partial charge >= 0.3 is 0 Å². The first-order valence-corrected chi connectivity index (χ1v) is 6.59. The molecule has 0 amide bonds. The molecule has 1 N–H and O–H groups in total. The van der Waals surface area contributed by atoms with Crippen molar-refractivity contribution in [3.05, 3.63) is 35.9 Å². The van der Waals surface area contributed by atoms with Crippen molar-refractivity contribution in [1.82, 2.24) is 5.32 Å². The van der Waals surface area contributed by atoms with E-state index in [0.717, 1.165) is 26.2 Å². The highest BCUT2D eigenvalue weighted by molar-refractivity contribution is 5.14. The van der Waals surface area contributed by atoms with Gasteiger partial charge < -0.3 is 10.1 Å². The van der Waals surface area contributed by atoms with Gasteiger partial charge in [0, 0.05) is 12.6 Å². The van der Waals surface area contributed by atoms with E-state index in [2.05, 4.69) is 49.5 Å². The first-order valence-electron chi connectivity index (χ1n) is 6.59. The smallest absolute Gasteiger partial charge is 0.0621 e. The van der Waals surface area contributed by atoms with Crippen LogP contribution in [0.15, 0.2) is 30.3 Å². The van der Waals surface area contributed by atoms with E-state index in [-0.39, 0.29) is 0 Å². The molecule has 96 valence electrons. The highest BCUT2D eigenvalue weighted by Gasteiger charge is 2.11. The summed E-state index contributed by atoms with van der Waals surface area (Å²) in [6.07, 6.45) is 1.08. The summed E-state index contributed by atoms with van der Waals surface area (Å²) in [5.41, 5.74) is 1.39. The van der Waals surface area contributed by atoms with Gasteiger partial charge in [-0.2, -0.15) is 0 Å². The molecule has 0 bridgehead atoms. The molecule has 0 aliphatic rings. The fraction of sp³-hybridized carbons (Fsp3) is 0.600. The molecular weight excluding hydrogens is 210 g/mol. The standard InChI is InChI=1S/C15H25NO/c1-4-17-12-15(13(2)3)16-11-10-14-8-6-5-7-9-14/h5-9,13,15-16H,4,10-12H2,1-3H3. The Bertz CT molecular complexity index is 284. The minimum atomic E-state index is 0.457. The van der Waals surface area contributed by atoms with Crippen LogP contribution >= 0.6 is 0 Å². The van der Waals surface area contributed by atoms with E-state index in [1.807, 2.05) is 6.92 Å². The van der Waals surface area contributed by atoms with Crippen molar-refractivity contribution in [1.29, 1.82) is 0 Å². The Labute approximate surface area is 105 Å². The van der Waals surface area contributed by atoms with Crippen molar-refractivity contribution in [2.24, 2.45) is 5.92 Å². The predicted octanol–water partition coefficient (Wildman–Crippen LogP) is 2.88. The highest BCUT2D eigenvalue weighted by atomic mass is 16.5. The average molecular weight is 235 g/mol. The zero-order chi connectivity index (χ0) is 12.5. The van der Waals surface area contributed by atoms with E-state index < -0.39 is 0 Å². The number of benzene rings is 1. The van der Waals surface area contributed by atoms with E-state index in [4.69, 9.17) is 4.74 Å². The normalized spacial score (nSPS) is 12.9. The van der Waals surface area contributed by atoms with Gasteiger partial charge in [-0.15, -0.1) is 0 Å². The quantitative estimate of drug-likeness (QED) is 0.748. The molecule has 1 unspecified atom stereocenters. The van der Waals surface area contributed by atoms with Crippen LogP contribution in [0.4, 0.5) is 0 Å². The molecule has 1 aromatic carbocycles. The van der Waals surface area contributed by atoms with Crippen molar-refractivity contribution in [2.45, 2.75) is 33.2 Å². The third-order valence-electron chi connectivity index (χ3n) is 2.97. The minimum Gasteiger partial charge on any atom is -0.380 e. The van der Waals surface area contributed by atoms with Crippen LogP contribution in [0.3, 0.4) is 0 Å². The summed E-state index contributed by atoms with van der Waals surface area (Å²) >= 11 is 0. The summed E-state index contributed by atoms with van der Waals surface area (Å²) < 4.78 is 5.50. The van der Waals surface area contributed by atoms with Gasteiger partial charge in [-0.05, 0) is 31.4 Å². The van der Waals surface area contributed by atoms with Crippen molar-refractivity contribution >= 4 is 0 Å². The Morgan fingerprint density at radius 3 is 2.47 bits per heavy atom. The first kappa shape index (κ1) is 14.2. The van der Waals surface area contributed by atoms with Gasteiger partial charge in [-0.25, -0.2) is 0 Å². The number of nitrogens with one attached hydrogen (secondary N) is 1. The maximum atomic E-state index is 5.50. The molecule has 1 atom stereocenters. The number of ether oxygens (including phenoxy) is 1. The van der Waals surface area contributed by atoms with Crippen molar-refractivity contribution < 1.29 is 4.74 Å². The van der Waals surface area contributed by atoms with E-state index in [9.17, 15) is 0 Å². The van der Waals surface area contributed by atoms with Crippen molar-refractivity contribution in [2.75, 3.05) is 19.8 Å². The van der Waals surface area contributed by atoms with Crippen molar-refractivity contribution in [3.8, 4) is 0 Å². The Kier molecular flexibility index (Phi) is 6.90. The molecule has 2 heteroatoms. The molecule has 1 rings (SSSR count). The Morgan fingerprint density at radius 2 is 1.88 bits per heavy atom. The molecule has 0 aliphatic carbocycles. The van der Waals surface area contributed by atoms with Crippen LogP contribution in [0.25, 0.3) is 0 Å². The third kappa shape index (κ3) is 5.85. The molecule has 0 saturated carbocycles. The number of hydrogen-bond donors (Lipinski definition) is 1. The van der Waals surface area contributed by atoms with Crippen molar-refractivity contribution in [3.63, 3.8) is 0 Å². The van der Waals surface area contributed by atoms with Crippen LogP contribution in [0, 0.1) is 5.92 Å². The molecule has 0 heterocycles. The SMILES string of the molecule is CCOCC(NCCc1ccccc1)C(C)C. The lowest BCUT2D eigenvalue weighted by Gasteiger charge is -2.22. The van der Waals surface area contributed by atoms with Gasteiger partial charge in [-0.1, -0.05) is 44.2 Å².